The van der Waals surface area contributed by atoms with Gasteiger partial charge in [-0.3, -0.25) is 4.98 Å². The summed E-state index contributed by atoms with van der Waals surface area (Å²) in [5.41, 5.74) is 0.586. The number of benzene rings is 1. The van der Waals surface area contributed by atoms with Gasteiger partial charge < -0.3 is 4.74 Å². The number of methoxy groups -OCH3 is 1. The molecule has 9 nitrogen and oxygen atoms in total. The lowest BCUT2D eigenvalue weighted by Crippen LogP contribution is -2.38. The van der Waals surface area contributed by atoms with Crippen LogP contribution in [0.3, 0.4) is 0 Å². The molecule has 1 saturated heterocycles. The minimum absolute atomic E-state index is 0.00390. The zero-order valence-electron chi connectivity index (χ0n) is 15.6. The van der Waals surface area contributed by atoms with Crippen LogP contribution in [-0.4, -0.2) is 57.6 Å². The number of nitrogens with zero attached hydrogens (tertiary/aromatic N) is 6. The lowest BCUT2D eigenvalue weighted by molar-refractivity contribution is 0.323. The highest BCUT2D eigenvalue weighted by atomic mass is 32.2. The Morgan fingerprint density at radius 1 is 1.28 bits per heavy atom. The Kier molecular flexibility index (Phi) is 5.24. The van der Waals surface area contributed by atoms with E-state index in [1.165, 1.54) is 28.3 Å². The van der Waals surface area contributed by atoms with Gasteiger partial charge in [0, 0.05) is 18.8 Å². The van der Waals surface area contributed by atoms with Gasteiger partial charge in [-0.1, -0.05) is 6.07 Å². The molecule has 0 saturated carbocycles. The first-order chi connectivity index (χ1) is 14.0. The van der Waals surface area contributed by atoms with Crippen LogP contribution in [0.4, 0.5) is 4.39 Å². The van der Waals surface area contributed by atoms with E-state index in [0.29, 0.717) is 30.9 Å². The van der Waals surface area contributed by atoms with Crippen molar-refractivity contribution < 1.29 is 17.5 Å². The predicted octanol–water partition coefficient (Wildman–Crippen LogP) is 1.74. The maximum atomic E-state index is 14.0. The monoisotopic (exact) mass is 418 g/mol. The summed E-state index contributed by atoms with van der Waals surface area (Å²) in [6.07, 6.45) is 2.98. The third kappa shape index (κ3) is 3.83. The standard InChI is InChI=1S/C18H19FN6O3S/c1-28-17-8-7-14(11-15(17)19)29(26,27)24-10-4-5-13(24)12-25-22-18(21-23-25)16-6-2-3-9-20-16/h2-3,6-9,11,13H,4-5,10,12H2,1H3/t13-/m0/s1. The molecule has 11 heteroatoms. The van der Waals surface area contributed by atoms with Crippen LogP contribution in [0.1, 0.15) is 12.8 Å². The van der Waals surface area contributed by atoms with Gasteiger partial charge >= 0.3 is 0 Å². The Labute approximate surface area is 167 Å². The maximum Gasteiger partial charge on any atom is 0.243 e. The first-order valence-electron chi connectivity index (χ1n) is 9.03. The topological polar surface area (TPSA) is 103 Å². The number of aromatic nitrogens is 5. The van der Waals surface area contributed by atoms with Gasteiger partial charge in [-0.05, 0) is 48.4 Å². The molecule has 0 radical (unpaired) electrons. The fourth-order valence-electron chi connectivity index (χ4n) is 3.36. The number of sulfonamides is 1. The second-order valence-electron chi connectivity index (χ2n) is 6.59. The number of halogens is 1. The van der Waals surface area contributed by atoms with Gasteiger partial charge in [-0.2, -0.15) is 9.10 Å². The van der Waals surface area contributed by atoms with E-state index < -0.39 is 15.8 Å². The second-order valence-corrected chi connectivity index (χ2v) is 8.48. The molecule has 0 bridgehead atoms. The number of ether oxygens (including phenoxy) is 1. The van der Waals surface area contributed by atoms with Gasteiger partial charge in [0.2, 0.25) is 15.8 Å². The number of rotatable bonds is 6. The van der Waals surface area contributed by atoms with Crippen molar-refractivity contribution in [3.63, 3.8) is 0 Å². The van der Waals surface area contributed by atoms with Crippen LogP contribution in [0.15, 0.2) is 47.5 Å². The smallest absolute Gasteiger partial charge is 0.243 e. The predicted molar refractivity (Wildman–Crippen MR) is 101 cm³/mol. The van der Waals surface area contributed by atoms with Gasteiger partial charge in [-0.15, -0.1) is 10.2 Å². The van der Waals surface area contributed by atoms with Crippen LogP contribution < -0.4 is 4.74 Å². The molecule has 1 fully saturated rings. The van der Waals surface area contributed by atoms with E-state index in [1.807, 2.05) is 6.07 Å². The average molecular weight is 418 g/mol. The molecule has 0 aliphatic carbocycles. The van der Waals surface area contributed by atoms with Crippen molar-refractivity contribution in [3.8, 4) is 17.3 Å². The first kappa shape index (κ1) is 19.4. The molecule has 29 heavy (non-hydrogen) atoms. The fourth-order valence-corrected chi connectivity index (χ4v) is 5.05. The van der Waals surface area contributed by atoms with Gasteiger partial charge in [0.1, 0.15) is 5.69 Å². The van der Waals surface area contributed by atoms with E-state index in [2.05, 4.69) is 20.4 Å². The third-order valence-electron chi connectivity index (χ3n) is 4.77. The molecular weight excluding hydrogens is 399 g/mol. The molecule has 1 aliphatic heterocycles. The van der Waals surface area contributed by atoms with Crippen molar-refractivity contribution in [3.05, 3.63) is 48.4 Å². The van der Waals surface area contributed by atoms with E-state index in [1.54, 1.807) is 18.3 Å². The lowest BCUT2D eigenvalue weighted by atomic mass is 10.2. The van der Waals surface area contributed by atoms with Crippen molar-refractivity contribution >= 4 is 10.0 Å². The largest absolute Gasteiger partial charge is 0.494 e. The molecule has 0 unspecified atom stereocenters. The molecule has 152 valence electrons. The lowest BCUT2D eigenvalue weighted by Gasteiger charge is -2.23. The summed E-state index contributed by atoms with van der Waals surface area (Å²) in [6.45, 7) is 0.597. The number of pyridine rings is 1. The van der Waals surface area contributed by atoms with Gasteiger partial charge in [0.25, 0.3) is 0 Å². The molecule has 1 atom stereocenters. The number of hydrogen-bond acceptors (Lipinski definition) is 7. The van der Waals surface area contributed by atoms with Crippen LogP contribution in [0.5, 0.6) is 5.75 Å². The zero-order valence-corrected chi connectivity index (χ0v) is 16.5. The van der Waals surface area contributed by atoms with Gasteiger partial charge in [0.05, 0.1) is 18.6 Å². The molecule has 1 aromatic carbocycles. The highest BCUT2D eigenvalue weighted by Crippen LogP contribution is 2.29. The minimum atomic E-state index is -3.86. The molecule has 0 N–H and O–H groups in total. The van der Waals surface area contributed by atoms with Crippen molar-refractivity contribution in [2.45, 2.75) is 30.3 Å². The number of hydrogen-bond donors (Lipinski definition) is 0. The Morgan fingerprint density at radius 2 is 2.14 bits per heavy atom. The Bertz CT molecular complexity index is 1110. The van der Waals surface area contributed by atoms with Crippen molar-refractivity contribution in [1.29, 1.82) is 0 Å². The SMILES string of the molecule is COc1ccc(S(=O)(=O)N2CCC[C@H]2Cn2nnc(-c3ccccn3)n2)cc1F. The Hall–Kier alpha value is -2.92. The van der Waals surface area contributed by atoms with Gasteiger partial charge in [-0.25, -0.2) is 12.8 Å². The minimum Gasteiger partial charge on any atom is -0.494 e. The third-order valence-corrected chi connectivity index (χ3v) is 6.72. The molecule has 1 aliphatic rings. The van der Waals surface area contributed by atoms with Crippen molar-refractivity contribution in [1.82, 2.24) is 29.5 Å². The van der Waals surface area contributed by atoms with E-state index in [0.717, 1.165) is 6.07 Å². The zero-order chi connectivity index (χ0) is 20.4. The van der Waals surface area contributed by atoms with E-state index in [4.69, 9.17) is 4.74 Å². The average Bonchev–Trinajstić information content (AvgIpc) is 3.39. The normalized spacial score (nSPS) is 17.5. The molecule has 3 aromatic rings. The van der Waals surface area contributed by atoms with Crippen LogP contribution in [0, 0.1) is 5.82 Å². The molecule has 2 aromatic heterocycles. The Balaban J connectivity index is 1.55. The fraction of sp³-hybridized carbons (Fsp3) is 0.333. The quantitative estimate of drug-likeness (QED) is 0.601. The molecule has 0 amide bonds. The molecular formula is C18H19FN6O3S. The summed E-state index contributed by atoms with van der Waals surface area (Å²) in [7, 11) is -2.54. The van der Waals surface area contributed by atoms with Crippen LogP contribution in [-0.2, 0) is 16.6 Å². The first-order valence-corrected chi connectivity index (χ1v) is 10.5. The van der Waals surface area contributed by atoms with E-state index >= 15 is 0 Å². The summed E-state index contributed by atoms with van der Waals surface area (Å²) >= 11 is 0. The van der Waals surface area contributed by atoms with E-state index in [9.17, 15) is 12.8 Å². The summed E-state index contributed by atoms with van der Waals surface area (Å²) in [5.74, 6) is -0.353. The highest BCUT2D eigenvalue weighted by Gasteiger charge is 2.36. The number of tetrazole rings is 1. The van der Waals surface area contributed by atoms with Crippen LogP contribution >= 0.6 is 0 Å². The summed E-state index contributed by atoms with van der Waals surface area (Å²) in [6, 6.07) is 8.67. The molecule has 3 heterocycles. The van der Waals surface area contributed by atoms with Crippen molar-refractivity contribution in [2.75, 3.05) is 13.7 Å². The van der Waals surface area contributed by atoms with Crippen LogP contribution in [0.25, 0.3) is 11.5 Å². The second kappa shape index (κ2) is 7.84. The molecule has 0 spiro atoms. The maximum absolute atomic E-state index is 14.0. The summed E-state index contributed by atoms with van der Waals surface area (Å²) in [5, 5.41) is 12.3. The Morgan fingerprint density at radius 3 is 2.86 bits per heavy atom. The highest BCUT2D eigenvalue weighted by molar-refractivity contribution is 7.89. The summed E-state index contributed by atoms with van der Waals surface area (Å²) in [4.78, 5) is 5.44. The summed E-state index contributed by atoms with van der Waals surface area (Å²) < 4.78 is 46.4. The van der Waals surface area contributed by atoms with Crippen molar-refractivity contribution in [2.24, 2.45) is 0 Å². The van der Waals surface area contributed by atoms with Crippen LogP contribution in [0.2, 0.25) is 0 Å². The van der Waals surface area contributed by atoms with Gasteiger partial charge in [0.15, 0.2) is 11.6 Å². The van der Waals surface area contributed by atoms with E-state index in [-0.39, 0.29) is 23.2 Å². The molecule has 4 rings (SSSR count).